The summed E-state index contributed by atoms with van der Waals surface area (Å²) in [4.78, 5) is 36.1. The molecule has 3 heterocycles. The number of anilines is 2. The Bertz CT molecular complexity index is 1280. The van der Waals surface area contributed by atoms with Gasteiger partial charge in [0, 0.05) is 51.6 Å². The molecular weight excluding hydrogens is 602 g/mol. The summed E-state index contributed by atoms with van der Waals surface area (Å²) in [6.45, 7) is 2.24. The van der Waals surface area contributed by atoms with Crippen LogP contribution in [-0.2, 0) is 28.4 Å². The van der Waals surface area contributed by atoms with E-state index < -0.39 is 29.8 Å². The zero-order valence-corrected chi connectivity index (χ0v) is 25.1. The molecule has 2 aromatic rings. The smallest absolute Gasteiger partial charge is 0.356 e. The number of alkyl halides is 6. The van der Waals surface area contributed by atoms with Gasteiger partial charge in [0.25, 0.3) is 0 Å². The number of nitrogens with zero attached hydrogens (tertiary/aromatic N) is 4. The van der Waals surface area contributed by atoms with Crippen LogP contribution in [0, 0.1) is 5.92 Å². The molecule has 1 aromatic heterocycles. The van der Waals surface area contributed by atoms with Crippen LogP contribution in [0.25, 0.3) is 0 Å². The first-order chi connectivity index (χ1) is 21.3. The van der Waals surface area contributed by atoms with Crippen LogP contribution in [0.15, 0.2) is 30.3 Å². The third kappa shape index (κ3) is 9.78. The summed E-state index contributed by atoms with van der Waals surface area (Å²) in [5.74, 6) is -0.824. The quantitative estimate of drug-likeness (QED) is 0.277. The molecule has 0 saturated carbocycles. The maximum absolute atomic E-state index is 13.9. The van der Waals surface area contributed by atoms with Crippen LogP contribution < -0.4 is 20.9 Å². The fourth-order valence-corrected chi connectivity index (χ4v) is 6.03. The lowest BCUT2D eigenvalue weighted by Gasteiger charge is -2.34. The van der Waals surface area contributed by atoms with E-state index in [0.29, 0.717) is 76.3 Å². The van der Waals surface area contributed by atoms with Gasteiger partial charge in [-0.05, 0) is 75.0 Å². The van der Waals surface area contributed by atoms with Crippen molar-refractivity contribution in [2.45, 2.75) is 82.6 Å². The third-order valence-corrected chi connectivity index (χ3v) is 8.46. The molecule has 3 N–H and O–H groups in total. The molecule has 0 radical (unpaired) electrons. The van der Waals surface area contributed by atoms with Crippen LogP contribution >= 0.6 is 0 Å². The molecule has 0 unspecified atom stereocenters. The predicted octanol–water partition coefficient (Wildman–Crippen LogP) is 5.54. The number of hydrogen-bond acceptors (Lipinski definition) is 7. The Balaban J connectivity index is 1.36. The molecule has 1 atom stereocenters. The van der Waals surface area contributed by atoms with Gasteiger partial charge in [0.15, 0.2) is 5.78 Å². The number of aromatic nitrogens is 2. The summed E-state index contributed by atoms with van der Waals surface area (Å²) in [6, 6.07) is 5.70. The number of piperidine rings is 1. The number of carbonyl (C=O) groups excluding carboxylic acids is 2. The summed E-state index contributed by atoms with van der Waals surface area (Å²) in [7, 11) is 0. The van der Waals surface area contributed by atoms with Crippen molar-refractivity contribution < 1.29 is 35.9 Å². The van der Waals surface area contributed by atoms with Crippen LogP contribution in [0.2, 0.25) is 0 Å². The molecule has 2 fully saturated rings. The largest absolute Gasteiger partial charge is 0.451 e. The van der Waals surface area contributed by atoms with E-state index in [9.17, 15) is 35.9 Å². The van der Waals surface area contributed by atoms with Crippen LogP contribution in [0.3, 0.4) is 0 Å². The van der Waals surface area contributed by atoms with Crippen molar-refractivity contribution in [3.63, 3.8) is 0 Å². The van der Waals surface area contributed by atoms with E-state index in [0.717, 1.165) is 37.8 Å². The van der Waals surface area contributed by atoms with Gasteiger partial charge < -0.3 is 20.9 Å². The second-order valence-electron chi connectivity index (χ2n) is 11.7. The Morgan fingerprint density at radius 2 is 1.58 bits per heavy atom. The molecule has 4 rings (SSSR count). The lowest BCUT2D eigenvalue weighted by atomic mass is 9.91. The van der Waals surface area contributed by atoms with Crippen LogP contribution in [0.4, 0.5) is 38.0 Å². The van der Waals surface area contributed by atoms with Crippen molar-refractivity contribution in [3.05, 3.63) is 47.3 Å². The first kappa shape index (κ1) is 34.5. The number of nitrogens with one attached hydrogen (secondary N) is 1. The molecule has 45 heavy (non-hydrogen) atoms. The first-order valence-corrected chi connectivity index (χ1v) is 15.5. The van der Waals surface area contributed by atoms with E-state index in [1.165, 1.54) is 18.2 Å². The molecule has 2 saturated heterocycles. The zero-order chi connectivity index (χ0) is 32.6. The molecule has 1 amide bonds. The van der Waals surface area contributed by atoms with Crippen molar-refractivity contribution in [1.29, 1.82) is 0 Å². The zero-order valence-electron chi connectivity index (χ0n) is 25.1. The summed E-state index contributed by atoms with van der Waals surface area (Å²) in [5.41, 5.74) is 5.33. The van der Waals surface area contributed by atoms with E-state index in [2.05, 4.69) is 15.3 Å². The SMILES string of the molecule is NCCNC(=O)CCCC1CCN(c2cc(N3CCC[C@H]3C(=O)CCCc3ccc(C(F)(F)F)cc3)nc(C(F)(F)F)n2)CC1. The fraction of sp³-hybridized carbons (Fsp3) is 0.613. The Kier molecular flexibility index (Phi) is 11.7. The monoisotopic (exact) mass is 642 g/mol. The van der Waals surface area contributed by atoms with Crippen LogP contribution in [0.1, 0.15) is 74.7 Å². The first-order valence-electron chi connectivity index (χ1n) is 15.5. The summed E-state index contributed by atoms with van der Waals surface area (Å²) < 4.78 is 80.1. The van der Waals surface area contributed by atoms with Gasteiger partial charge in [-0.1, -0.05) is 12.1 Å². The third-order valence-electron chi connectivity index (χ3n) is 8.46. The van der Waals surface area contributed by atoms with Crippen molar-refractivity contribution in [1.82, 2.24) is 15.3 Å². The van der Waals surface area contributed by atoms with Crippen molar-refractivity contribution in [2.75, 3.05) is 42.5 Å². The van der Waals surface area contributed by atoms with E-state index >= 15 is 0 Å². The molecule has 2 aliphatic rings. The van der Waals surface area contributed by atoms with Crippen LogP contribution in [0.5, 0.6) is 0 Å². The van der Waals surface area contributed by atoms with Gasteiger partial charge in [-0.15, -0.1) is 0 Å². The highest BCUT2D eigenvalue weighted by Gasteiger charge is 2.39. The molecule has 0 aliphatic carbocycles. The normalized spacial score (nSPS) is 18.0. The molecule has 0 bridgehead atoms. The Morgan fingerprint density at radius 1 is 0.889 bits per heavy atom. The Labute approximate surface area is 258 Å². The van der Waals surface area contributed by atoms with E-state index in [4.69, 9.17) is 5.73 Å². The van der Waals surface area contributed by atoms with Crippen molar-refractivity contribution in [2.24, 2.45) is 11.7 Å². The number of hydrogen-bond donors (Lipinski definition) is 2. The summed E-state index contributed by atoms with van der Waals surface area (Å²) in [5, 5.41) is 2.74. The number of benzene rings is 1. The minimum atomic E-state index is -4.77. The molecule has 1 aromatic carbocycles. The average molecular weight is 643 g/mol. The maximum Gasteiger partial charge on any atom is 0.451 e. The maximum atomic E-state index is 13.9. The second-order valence-corrected chi connectivity index (χ2v) is 11.7. The molecule has 2 aliphatic heterocycles. The number of Topliss-reactive ketones (excluding diaryl/α,β-unsaturated/α-hetero) is 1. The number of nitrogens with two attached hydrogens (primary N) is 1. The minimum Gasteiger partial charge on any atom is -0.356 e. The van der Waals surface area contributed by atoms with Crippen molar-refractivity contribution >= 4 is 23.3 Å². The molecule has 248 valence electrons. The van der Waals surface area contributed by atoms with Gasteiger partial charge in [-0.2, -0.15) is 26.3 Å². The highest BCUT2D eigenvalue weighted by atomic mass is 19.4. The van der Waals surface area contributed by atoms with E-state index in [-0.39, 0.29) is 29.7 Å². The minimum absolute atomic E-state index is 0.0380. The molecule has 14 heteroatoms. The molecule has 0 spiro atoms. The van der Waals surface area contributed by atoms with E-state index in [1.807, 2.05) is 4.90 Å². The number of rotatable bonds is 13. The van der Waals surface area contributed by atoms with E-state index in [1.54, 1.807) is 4.90 Å². The lowest BCUT2D eigenvalue weighted by Crippen LogP contribution is -2.38. The number of carbonyl (C=O) groups is 2. The Hall–Kier alpha value is -3.42. The predicted molar refractivity (Wildman–Crippen MR) is 158 cm³/mol. The van der Waals surface area contributed by atoms with Gasteiger partial charge in [-0.25, -0.2) is 9.97 Å². The summed E-state index contributed by atoms with van der Waals surface area (Å²) in [6.07, 6.45) is -3.62. The second kappa shape index (κ2) is 15.2. The summed E-state index contributed by atoms with van der Waals surface area (Å²) >= 11 is 0. The van der Waals surface area contributed by atoms with Crippen LogP contribution in [-0.4, -0.2) is 60.4 Å². The van der Waals surface area contributed by atoms with Gasteiger partial charge >= 0.3 is 12.4 Å². The van der Waals surface area contributed by atoms with Gasteiger partial charge in [0.2, 0.25) is 11.7 Å². The van der Waals surface area contributed by atoms with Gasteiger partial charge in [0.05, 0.1) is 11.6 Å². The fourth-order valence-electron chi connectivity index (χ4n) is 6.03. The number of amides is 1. The number of aryl methyl sites for hydroxylation is 1. The lowest BCUT2D eigenvalue weighted by molar-refractivity contribution is -0.144. The average Bonchev–Trinajstić information content (AvgIpc) is 3.50. The van der Waals surface area contributed by atoms with Gasteiger partial charge in [-0.3, -0.25) is 9.59 Å². The standard InChI is InChI=1S/C31H40F6N6O2/c32-30(33,34)23-11-9-21(10-12-23)4-1-7-25(44)24-6-3-17-43(24)27-20-26(40-29(41-27)31(35,36)37)42-18-13-22(14-19-42)5-2-8-28(45)39-16-15-38/h9-12,20,22,24H,1-8,13-19,38H2,(H,39,45)/t24-/m0/s1. The number of ketones is 1. The topological polar surface area (TPSA) is 104 Å². The molecule has 8 nitrogen and oxygen atoms in total. The number of halogens is 6. The van der Waals surface area contributed by atoms with Gasteiger partial charge in [0.1, 0.15) is 11.6 Å². The highest BCUT2D eigenvalue weighted by Crippen LogP contribution is 2.35. The van der Waals surface area contributed by atoms with Crippen molar-refractivity contribution in [3.8, 4) is 0 Å². The highest BCUT2D eigenvalue weighted by molar-refractivity contribution is 5.87. The molecular formula is C31H40F6N6O2. The Morgan fingerprint density at radius 3 is 2.22 bits per heavy atom.